The van der Waals surface area contributed by atoms with E-state index in [0.29, 0.717) is 29.7 Å². The maximum atomic E-state index is 6.56. The van der Waals surface area contributed by atoms with E-state index in [0.717, 1.165) is 43.4 Å². The summed E-state index contributed by atoms with van der Waals surface area (Å²) in [7, 11) is 0. The first-order chi connectivity index (χ1) is 21.7. The third-order valence-electron chi connectivity index (χ3n) is 7.36. The van der Waals surface area contributed by atoms with Crippen LogP contribution in [0.5, 0.6) is 0 Å². The maximum absolute atomic E-state index is 6.56. The first-order valence-corrected chi connectivity index (χ1v) is 15.8. The molecular formula is C37H51N9Y2-2. The van der Waals surface area contributed by atoms with E-state index >= 15 is 0 Å². The van der Waals surface area contributed by atoms with Gasteiger partial charge in [-0.05, 0) is 59.0 Å². The van der Waals surface area contributed by atoms with E-state index in [2.05, 4.69) is 97.9 Å². The SMILES string of the molecule is CC(C)(C)CCC(Cc1ccc(CN(CCC(C)(C)C)/C(N)=N/C(N)=Nc2cc[c-]cc2)cc1)/C(N)=N/C(N)=Nc1cc[c-]cc1.[Y].[Y]. The van der Waals surface area contributed by atoms with Crippen molar-refractivity contribution >= 4 is 35.1 Å². The second kappa shape index (κ2) is 20.9. The van der Waals surface area contributed by atoms with Gasteiger partial charge >= 0.3 is 0 Å². The molecule has 0 saturated carbocycles. The first-order valence-electron chi connectivity index (χ1n) is 15.8. The number of amidine groups is 1. The number of guanidine groups is 3. The monoisotopic (exact) mass is 799 g/mol. The fraction of sp³-hybridized carbons (Fsp3) is 0.405. The molecule has 8 N–H and O–H groups in total. The van der Waals surface area contributed by atoms with Crippen LogP contribution in [0.1, 0.15) is 71.9 Å². The van der Waals surface area contributed by atoms with Gasteiger partial charge in [0, 0.05) is 84.4 Å². The molecule has 1 unspecified atom stereocenters. The molecule has 0 aliphatic carbocycles. The van der Waals surface area contributed by atoms with Crippen LogP contribution in [-0.4, -0.2) is 35.2 Å². The van der Waals surface area contributed by atoms with Crippen LogP contribution in [0.4, 0.5) is 11.4 Å². The minimum atomic E-state index is 0. The maximum Gasteiger partial charge on any atom is 0.221 e. The Balaban J connectivity index is 0.00000576. The number of nitrogens with zero attached hydrogens (tertiary/aromatic N) is 5. The van der Waals surface area contributed by atoms with Crippen molar-refractivity contribution in [3.63, 3.8) is 0 Å². The minimum Gasteiger partial charge on any atom is -0.387 e. The number of hydrogen-bond donors (Lipinski definition) is 4. The number of rotatable bonds is 11. The van der Waals surface area contributed by atoms with Gasteiger partial charge in [-0.25, -0.2) is 15.0 Å². The molecule has 48 heavy (non-hydrogen) atoms. The predicted molar refractivity (Wildman–Crippen MR) is 193 cm³/mol. The molecule has 0 bridgehead atoms. The Bertz CT molecular complexity index is 1380. The minimum absolute atomic E-state index is 0. The second-order valence-electron chi connectivity index (χ2n) is 14.0. The molecular weight excluding hydrogens is 748 g/mol. The van der Waals surface area contributed by atoms with E-state index < -0.39 is 0 Å². The normalized spacial score (nSPS) is 13.7. The summed E-state index contributed by atoms with van der Waals surface area (Å²) in [5.74, 6) is 1.08. The van der Waals surface area contributed by atoms with Crippen LogP contribution in [0.15, 0.2) is 92.8 Å². The molecule has 3 rings (SSSR count). The van der Waals surface area contributed by atoms with Crippen molar-refractivity contribution in [3.8, 4) is 0 Å². The van der Waals surface area contributed by atoms with Gasteiger partial charge in [0.1, 0.15) is 5.84 Å². The van der Waals surface area contributed by atoms with E-state index in [4.69, 9.17) is 22.9 Å². The van der Waals surface area contributed by atoms with Crippen LogP contribution in [0.25, 0.3) is 0 Å². The van der Waals surface area contributed by atoms with E-state index in [-0.39, 0.29) is 94.1 Å². The van der Waals surface area contributed by atoms with E-state index in [1.807, 2.05) is 29.2 Å². The largest absolute Gasteiger partial charge is 0.387 e. The number of benzene rings is 3. The molecule has 3 aromatic carbocycles. The van der Waals surface area contributed by atoms with Crippen molar-refractivity contribution in [2.24, 2.45) is 59.7 Å². The predicted octanol–water partition coefficient (Wildman–Crippen LogP) is 6.47. The third-order valence-corrected chi connectivity index (χ3v) is 7.36. The van der Waals surface area contributed by atoms with Gasteiger partial charge in [0.05, 0.1) is 0 Å². The standard InChI is InChI=1S/C37H51N9.2Y/c1-36(2,3)22-21-29(32(38)44-33(39)42-30-13-9-7-10-14-30)25-27-17-19-28(20-18-27)26-46(24-23-37(4,5)6)35(41)45-34(40)43-31-15-11-8-12-16-31;;/h9-20,29H,21-26H2,1-6H3,(H4,38,39,42,44)(H4,40,41,43,45);;/q-2;;. The Hall–Kier alpha value is -2.45. The fourth-order valence-electron chi connectivity index (χ4n) is 4.62. The summed E-state index contributed by atoms with van der Waals surface area (Å²) in [6.07, 6.45) is 3.54. The Morgan fingerprint density at radius 1 is 0.667 bits per heavy atom. The molecule has 2 radical (unpaired) electrons. The average Bonchev–Trinajstić information content (AvgIpc) is 2.98. The van der Waals surface area contributed by atoms with Crippen molar-refractivity contribution in [3.05, 3.63) is 96.1 Å². The van der Waals surface area contributed by atoms with E-state index in [1.165, 1.54) is 0 Å². The van der Waals surface area contributed by atoms with Crippen LogP contribution in [0.2, 0.25) is 0 Å². The second-order valence-corrected chi connectivity index (χ2v) is 14.0. The average molecular weight is 800 g/mol. The Morgan fingerprint density at radius 3 is 1.60 bits per heavy atom. The third kappa shape index (κ3) is 17.3. The smallest absolute Gasteiger partial charge is 0.221 e. The van der Waals surface area contributed by atoms with Crippen molar-refractivity contribution in [2.75, 3.05) is 6.54 Å². The molecule has 0 fully saturated rings. The summed E-state index contributed by atoms with van der Waals surface area (Å²) in [6, 6.07) is 28.9. The van der Waals surface area contributed by atoms with Crippen LogP contribution in [0.3, 0.4) is 0 Å². The Kier molecular flexibility index (Phi) is 19.0. The summed E-state index contributed by atoms with van der Waals surface area (Å²) >= 11 is 0. The van der Waals surface area contributed by atoms with Crippen LogP contribution >= 0.6 is 0 Å². The molecule has 0 aliphatic rings. The van der Waals surface area contributed by atoms with Crippen molar-refractivity contribution in [2.45, 2.75) is 73.8 Å². The molecule has 0 spiro atoms. The van der Waals surface area contributed by atoms with Gasteiger partial charge in [-0.1, -0.05) is 65.8 Å². The van der Waals surface area contributed by atoms with E-state index in [1.54, 1.807) is 24.3 Å². The molecule has 0 amide bonds. The first kappa shape index (κ1) is 43.6. The number of hydrogen-bond acceptors (Lipinski definition) is 2. The van der Waals surface area contributed by atoms with Crippen LogP contribution in [0, 0.1) is 28.9 Å². The number of nitrogens with two attached hydrogens (primary N) is 4. The van der Waals surface area contributed by atoms with Gasteiger partial charge in [0.15, 0.2) is 5.96 Å². The summed E-state index contributed by atoms with van der Waals surface area (Å²) < 4.78 is 0. The van der Waals surface area contributed by atoms with Crippen molar-refractivity contribution in [1.29, 1.82) is 0 Å². The molecule has 252 valence electrons. The topological polar surface area (TPSA) is 157 Å². The van der Waals surface area contributed by atoms with Gasteiger partial charge in [0.2, 0.25) is 11.9 Å². The molecule has 0 aromatic heterocycles. The zero-order chi connectivity index (χ0) is 33.7. The van der Waals surface area contributed by atoms with Gasteiger partial charge in [-0.3, -0.25) is 0 Å². The zero-order valence-corrected chi connectivity index (χ0v) is 35.1. The summed E-state index contributed by atoms with van der Waals surface area (Å²) in [4.78, 5) is 19.7. The van der Waals surface area contributed by atoms with Gasteiger partial charge < -0.3 is 27.8 Å². The molecule has 9 nitrogen and oxygen atoms in total. The van der Waals surface area contributed by atoms with Gasteiger partial charge in [-0.15, -0.1) is 24.3 Å². The fourth-order valence-corrected chi connectivity index (χ4v) is 4.62. The summed E-state index contributed by atoms with van der Waals surface area (Å²) in [6.45, 7) is 14.6. The Labute approximate surface area is 338 Å². The molecule has 0 aliphatic heterocycles. The molecule has 11 heteroatoms. The van der Waals surface area contributed by atoms with Crippen LogP contribution < -0.4 is 22.9 Å². The quantitative estimate of drug-likeness (QED) is 0.0995. The van der Waals surface area contributed by atoms with Crippen molar-refractivity contribution < 1.29 is 65.4 Å². The molecule has 0 saturated heterocycles. The molecule has 1 atom stereocenters. The van der Waals surface area contributed by atoms with Gasteiger partial charge in [-0.2, -0.15) is 41.4 Å². The van der Waals surface area contributed by atoms with E-state index in [9.17, 15) is 0 Å². The zero-order valence-electron chi connectivity index (χ0n) is 29.4. The number of aliphatic imine (C=N–C) groups is 4. The molecule has 0 heterocycles. The Morgan fingerprint density at radius 2 is 1.12 bits per heavy atom. The van der Waals surface area contributed by atoms with Crippen LogP contribution in [-0.2, 0) is 78.4 Å². The van der Waals surface area contributed by atoms with Gasteiger partial charge in [0.25, 0.3) is 0 Å². The summed E-state index contributed by atoms with van der Waals surface area (Å²) in [5.41, 5.74) is 29.3. The van der Waals surface area contributed by atoms with Crippen molar-refractivity contribution in [1.82, 2.24) is 4.90 Å². The summed E-state index contributed by atoms with van der Waals surface area (Å²) in [5, 5.41) is 0. The molecule has 3 aromatic rings.